The highest BCUT2D eigenvalue weighted by Crippen LogP contribution is 2.33. The molecular weight excluding hydrogens is 354 g/mol. The number of para-hydroxylation sites is 1. The van der Waals surface area contributed by atoms with Crippen LogP contribution in [0.4, 0.5) is 17.2 Å². The Bertz CT molecular complexity index is 1000. The minimum absolute atomic E-state index is 0.246. The zero-order chi connectivity index (χ0) is 19.5. The van der Waals surface area contributed by atoms with Gasteiger partial charge in [-0.25, -0.2) is 4.98 Å². The third-order valence-corrected chi connectivity index (χ3v) is 4.83. The molecule has 0 unspecified atom stereocenters. The Morgan fingerprint density at radius 1 is 1.07 bits per heavy atom. The summed E-state index contributed by atoms with van der Waals surface area (Å²) in [5, 5.41) is 2.86. The van der Waals surface area contributed by atoms with Crippen molar-refractivity contribution in [3.63, 3.8) is 0 Å². The third kappa shape index (κ3) is 3.36. The molecule has 2 aromatic carbocycles. The van der Waals surface area contributed by atoms with Crippen LogP contribution in [0.2, 0.25) is 0 Å². The number of hydrogen-bond acceptors (Lipinski definition) is 5. The zero-order valence-electron chi connectivity index (χ0n) is 15.8. The Hall–Kier alpha value is -3.54. The van der Waals surface area contributed by atoms with E-state index in [1.807, 2.05) is 12.1 Å². The number of ether oxygens (including phenoxy) is 2. The van der Waals surface area contributed by atoms with E-state index in [2.05, 4.69) is 33.4 Å². The summed E-state index contributed by atoms with van der Waals surface area (Å²) in [6.07, 6.45) is 2.60. The van der Waals surface area contributed by atoms with Crippen LogP contribution in [-0.2, 0) is 6.42 Å². The number of hydrogen-bond donors (Lipinski definition) is 1. The van der Waals surface area contributed by atoms with Crippen molar-refractivity contribution in [2.24, 2.45) is 0 Å². The molecule has 28 heavy (non-hydrogen) atoms. The van der Waals surface area contributed by atoms with Gasteiger partial charge in [-0.3, -0.25) is 4.79 Å². The molecule has 1 aliphatic rings. The molecule has 0 radical (unpaired) electrons. The Morgan fingerprint density at radius 2 is 1.93 bits per heavy atom. The molecule has 0 saturated carbocycles. The Labute approximate surface area is 163 Å². The van der Waals surface area contributed by atoms with Crippen LogP contribution in [-0.4, -0.2) is 31.7 Å². The maximum absolute atomic E-state index is 12.6. The second kappa shape index (κ2) is 7.60. The number of nitrogens with zero attached hydrogens (tertiary/aromatic N) is 2. The highest BCUT2D eigenvalue weighted by Gasteiger charge is 2.21. The molecule has 1 aromatic heterocycles. The fourth-order valence-corrected chi connectivity index (χ4v) is 3.35. The number of carbonyl (C=O) groups excluding carboxylic acids is 1. The quantitative estimate of drug-likeness (QED) is 0.729. The van der Waals surface area contributed by atoms with E-state index in [4.69, 9.17) is 9.47 Å². The number of amides is 1. The van der Waals surface area contributed by atoms with Gasteiger partial charge in [-0.1, -0.05) is 18.2 Å². The maximum atomic E-state index is 12.6. The molecule has 0 aliphatic carbocycles. The van der Waals surface area contributed by atoms with E-state index in [9.17, 15) is 4.79 Å². The van der Waals surface area contributed by atoms with Crippen molar-refractivity contribution in [1.29, 1.82) is 0 Å². The number of methoxy groups -OCH3 is 2. The summed E-state index contributed by atoms with van der Waals surface area (Å²) in [7, 11) is 3.13. The molecule has 0 fully saturated rings. The van der Waals surface area contributed by atoms with Gasteiger partial charge in [-0.2, -0.15) is 0 Å². The van der Waals surface area contributed by atoms with Crippen LogP contribution in [0.3, 0.4) is 0 Å². The summed E-state index contributed by atoms with van der Waals surface area (Å²) in [6, 6.07) is 17.2. The van der Waals surface area contributed by atoms with E-state index in [1.165, 1.54) is 11.3 Å². The summed E-state index contributed by atoms with van der Waals surface area (Å²) in [6.45, 7) is 0.890. The summed E-state index contributed by atoms with van der Waals surface area (Å²) < 4.78 is 10.5. The van der Waals surface area contributed by atoms with Gasteiger partial charge >= 0.3 is 0 Å². The van der Waals surface area contributed by atoms with Crippen LogP contribution < -0.4 is 19.7 Å². The van der Waals surface area contributed by atoms with E-state index >= 15 is 0 Å². The highest BCUT2D eigenvalue weighted by molar-refractivity contribution is 6.05. The van der Waals surface area contributed by atoms with E-state index in [1.54, 1.807) is 44.7 Å². The van der Waals surface area contributed by atoms with Crippen molar-refractivity contribution in [2.75, 3.05) is 31.0 Å². The molecular formula is C22H21N3O3. The summed E-state index contributed by atoms with van der Waals surface area (Å²) in [5.74, 6) is 1.78. The Balaban J connectivity index is 1.51. The Kier molecular flexibility index (Phi) is 4.85. The Morgan fingerprint density at radius 3 is 2.68 bits per heavy atom. The molecule has 0 bridgehead atoms. The van der Waals surface area contributed by atoms with Crippen molar-refractivity contribution in [3.8, 4) is 11.5 Å². The van der Waals surface area contributed by atoms with Gasteiger partial charge in [0.05, 0.1) is 25.5 Å². The lowest BCUT2D eigenvalue weighted by Crippen LogP contribution is -2.16. The second-order valence-electron chi connectivity index (χ2n) is 6.46. The molecule has 0 spiro atoms. The van der Waals surface area contributed by atoms with Crippen molar-refractivity contribution >= 4 is 23.1 Å². The smallest absolute Gasteiger partial charge is 0.257 e. The second-order valence-corrected chi connectivity index (χ2v) is 6.46. The molecule has 142 valence electrons. The first-order valence-electron chi connectivity index (χ1n) is 9.04. The number of aromatic nitrogens is 1. The predicted molar refractivity (Wildman–Crippen MR) is 109 cm³/mol. The van der Waals surface area contributed by atoms with Crippen LogP contribution in [0.15, 0.2) is 60.8 Å². The molecule has 3 aromatic rings. The van der Waals surface area contributed by atoms with Crippen LogP contribution in [0.25, 0.3) is 0 Å². The maximum Gasteiger partial charge on any atom is 0.257 e. The predicted octanol–water partition coefficient (Wildman–Crippen LogP) is 4.05. The normalized spacial score (nSPS) is 12.4. The number of pyridine rings is 1. The summed E-state index contributed by atoms with van der Waals surface area (Å²) in [4.78, 5) is 19.3. The molecule has 6 heteroatoms. The molecule has 1 amide bonds. The lowest BCUT2D eigenvalue weighted by Gasteiger charge is -2.18. The van der Waals surface area contributed by atoms with E-state index in [-0.39, 0.29) is 5.91 Å². The summed E-state index contributed by atoms with van der Waals surface area (Å²) in [5.41, 5.74) is 3.55. The molecule has 6 nitrogen and oxygen atoms in total. The number of benzene rings is 2. The number of fused-ring (bicyclic) bond motifs is 1. The third-order valence-electron chi connectivity index (χ3n) is 4.83. The van der Waals surface area contributed by atoms with Gasteiger partial charge in [-0.15, -0.1) is 0 Å². The average Bonchev–Trinajstić information content (AvgIpc) is 3.18. The van der Waals surface area contributed by atoms with Gasteiger partial charge in [0, 0.05) is 24.5 Å². The molecule has 0 atom stereocenters. The first-order valence-corrected chi connectivity index (χ1v) is 9.04. The molecule has 1 aliphatic heterocycles. The topological polar surface area (TPSA) is 63.7 Å². The van der Waals surface area contributed by atoms with Crippen LogP contribution in [0.1, 0.15) is 15.9 Å². The molecule has 1 N–H and O–H groups in total. The highest BCUT2D eigenvalue weighted by atomic mass is 16.5. The van der Waals surface area contributed by atoms with Crippen molar-refractivity contribution < 1.29 is 14.3 Å². The van der Waals surface area contributed by atoms with Crippen molar-refractivity contribution in [1.82, 2.24) is 4.98 Å². The van der Waals surface area contributed by atoms with Gasteiger partial charge in [0.15, 0.2) is 0 Å². The minimum Gasteiger partial charge on any atom is -0.497 e. The average molecular weight is 375 g/mol. The standard InChI is InChI=1S/C22H21N3O3/c1-27-17-8-9-18(20(13-17)28-2)24-22(26)16-7-10-21(23-14-16)25-12-11-15-5-3-4-6-19(15)25/h3-10,13-14H,11-12H2,1-2H3,(H,24,26). The summed E-state index contributed by atoms with van der Waals surface area (Å²) >= 11 is 0. The largest absolute Gasteiger partial charge is 0.497 e. The van der Waals surface area contributed by atoms with Gasteiger partial charge in [0.25, 0.3) is 5.91 Å². The zero-order valence-corrected chi connectivity index (χ0v) is 15.8. The molecule has 2 heterocycles. The first-order chi connectivity index (χ1) is 13.7. The van der Waals surface area contributed by atoms with Crippen LogP contribution >= 0.6 is 0 Å². The minimum atomic E-state index is -0.246. The number of anilines is 3. The molecule has 0 saturated heterocycles. The van der Waals surface area contributed by atoms with Crippen LogP contribution in [0, 0.1) is 0 Å². The van der Waals surface area contributed by atoms with Gasteiger partial charge in [-0.05, 0) is 42.3 Å². The van der Waals surface area contributed by atoms with E-state index in [0.717, 1.165) is 18.8 Å². The lowest BCUT2D eigenvalue weighted by molar-refractivity contribution is 0.102. The van der Waals surface area contributed by atoms with Crippen molar-refractivity contribution in [3.05, 3.63) is 71.9 Å². The fraction of sp³-hybridized carbons (Fsp3) is 0.182. The van der Waals surface area contributed by atoms with Gasteiger partial charge in [0.2, 0.25) is 0 Å². The number of rotatable bonds is 5. The van der Waals surface area contributed by atoms with Crippen molar-refractivity contribution in [2.45, 2.75) is 6.42 Å². The molecule has 4 rings (SSSR count). The fourth-order valence-electron chi connectivity index (χ4n) is 3.35. The first kappa shape index (κ1) is 17.9. The van der Waals surface area contributed by atoms with E-state index in [0.29, 0.717) is 22.7 Å². The van der Waals surface area contributed by atoms with Gasteiger partial charge in [0.1, 0.15) is 17.3 Å². The SMILES string of the molecule is COc1ccc(NC(=O)c2ccc(N3CCc4ccccc43)nc2)c(OC)c1. The lowest BCUT2D eigenvalue weighted by atomic mass is 10.2. The van der Waals surface area contributed by atoms with E-state index < -0.39 is 0 Å². The number of carbonyl (C=O) groups is 1. The number of nitrogens with one attached hydrogen (secondary N) is 1. The van der Waals surface area contributed by atoms with Crippen LogP contribution in [0.5, 0.6) is 11.5 Å². The van der Waals surface area contributed by atoms with Gasteiger partial charge < -0.3 is 19.7 Å². The monoisotopic (exact) mass is 375 g/mol.